The van der Waals surface area contributed by atoms with Crippen molar-refractivity contribution >= 4 is 35.1 Å². The highest BCUT2D eigenvalue weighted by atomic mass is 35.5. The van der Waals surface area contributed by atoms with E-state index in [9.17, 15) is 9.59 Å². The van der Waals surface area contributed by atoms with Gasteiger partial charge in [0.25, 0.3) is 5.91 Å². The van der Waals surface area contributed by atoms with Crippen LogP contribution in [0.1, 0.15) is 25.7 Å². The number of amides is 1. The maximum absolute atomic E-state index is 12.8. The first kappa shape index (κ1) is 21.5. The topological polar surface area (TPSA) is 99.4 Å². The van der Waals surface area contributed by atoms with Crippen molar-refractivity contribution in [3.63, 3.8) is 0 Å². The number of nitriles is 1. The number of piperidine rings is 1. The minimum Gasteiger partial charge on any atom is -0.454 e. The molecule has 2 heterocycles. The maximum Gasteiger partial charge on any atom is 0.329 e. The number of hydrogen-bond acceptors (Lipinski definition) is 7. The number of esters is 1. The predicted molar refractivity (Wildman–Crippen MR) is 112 cm³/mol. The van der Waals surface area contributed by atoms with E-state index in [0.717, 1.165) is 12.8 Å². The molecule has 2 aromatic rings. The van der Waals surface area contributed by atoms with Gasteiger partial charge in [0.2, 0.25) is 5.95 Å². The summed E-state index contributed by atoms with van der Waals surface area (Å²) in [5.74, 6) is -0.430. The lowest BCUT2D eigenvalue weighted by molar-refractivity contribution is -0.149. The molecule has 3 rings (SSSR count). The SMILES string of the molecule is N#CCCN(C(=O)COC(=O)C1CCCCN1c1ncccn1)c1cccc(Cl)c1. The maximum atomic E-state index is 12.8. The summed E-state index contributed by atoms with van der Waals surface area (Å²) in [5.41, 5.74) is 0.552. The molecule has 0 saturated carbocycles. The predicted octanol–water partition coefficient (Wildman–Crippen LogP) is 2.98. The molecule has 1 atom stereocenters. The average molecular weight is 428 g/mol. The summed E-state index contributed by atoms with van der Waals surface area (Å²) in [4.78, 5) is 37.2. The summed E-state index contributed by atoms with van der Waals surface area (Å²) < 4.78 is 5.36. The van der Waals surface area contributed by atoms with Gasteiger partial charge in [0.15, 0.2) is 6.61 Å². The molecule has 0 bridgehead atoms. The van der Waals surface area contributed by atoms with Crippen LogP contribution in [0.2, 0.25) is 5.02 Å². The number of aromatic nitrogens is 2. The van der Waals surface area contributed by atoms with E-state index in [1.54, 1.807) is 42.7 Å². The molecule has 30 heavy (non-hydrogen) atoms. The van der Waals surface area contributed by atoms with Gasteiger partial charge in [0.1, 0.15) is 6.04 Å². The normalized spacial score (nSPS) is 15.9. The number of nitrogens with zero attached hydrogens (tertiary/aromatic N) is 5. The largest absolute Gasteiger partial charge is 0.454 e. The lowest BCUT2D eigenvalue weighted by Crippen LogP contribution is -2.47. The van der Waals surface area contributed by atoms with E-state index in [-0.39, 0.29) is 13.0 Å². The smallest absolute Gasteiger partial charge is 0.329 e. The second kappa shape index (κ2) is 10.6. The van der Waals surface area contributed by atoms with Crippen LogP contribution >= 0.6 is 11.6 Å². The highest BCUT2D eigenvalue weighted by molar-refractivity contribution is 6.30. The molecule has 1 saturated heterocycles. The number of carbonyl (C=O) groups is 2. The minimum absolute atomic E-state index is 0.147. The zero-order valence-electron chi connectivity index (χ0n) is 16.4. The summed E-state index contributed by atoms with van der Waals surface area (Å²) in [6.45, 7) is 0.409. The second-order valence-electron chi connectivity index (χ2n) is 6.79. The molecule has 0 spiro atoms. The van der Waals surface area contributed by atoms with Crippen LogP contribution in [-0.2, 0) is 14.3 Å². The van der Waals surface area contributed by atoms with Crippen molar-refractivity contribution in [1.82, 2.24) is 9.97 Å². The van der Waals surface area contributed by atoms with Crippen LogP contribution in [-0.4, -0.2) is 47.6 Å². The summed E-state index contributed by atoms with van der Waals surface area (Å²) in [6.07, 6.45) is 5.82. The van der Waals surface area contributed by atoms with Crippen LogP contribution in [0.25, 0.3) is 0 Å². The Morgan fingerprint density at radius 1 is 1.27 bits per heavy atom. The van der Waals surface area contributed by atoms with Gasteiger partial charge in [-0.15, -0.1) is 0 Å². The molecule has 1 amide bonds. The molecule has 1 aromatic heterocycles. The molecular formula is C21H22ClN5O3. The monoisotopic (exact) mass is 427 g/mol. The summed E-state index contributed by atoms with van der Waals surface area (Å²) in [6, 6.07) is 9.97. The summed E-state index contributed by atoms with van der Waals surface area (Å²) in [5, 5.41) is 9.38. The number of halogens is 1. The van der Waals surface area contributed by atoms with Crippen molar-refractivity contribution in [3.05, 3.63) is 47.7 Å². The van der Waals surface area contributed by atoms with Crippen molar-refractivity contribution in [2.24, 2.45) is 0 Å². The van der Waals surface area contributed by atoms with Crippen molar-refractivity contribution in [3.8, 4) is 6.07 Å². The van der Waals surface area contributed by atoms with E-state index in [1.807, 2.05) is 11.0 Å². The molecule has 0 N–H and O–H groups in total. The molecule has 1 unspecified atom stereocenters. The summed E-state index contributed by atoms with van der Waals surface area (Å²) in [7, 11) is 0. The molecule has 156 valence electrons. The van der Waals surface area contributed by atoms with Crippen molar-refractivity contribution in [2.75, 3.05) is 29.5 Å². The standard InChI is InChI=1S/C21H22ClN5O3/c22-16-6-3-7-17(14-16)26(13-4-9-23)19(28)15-30-20(29)18-8-1-2-12-27(18)21-24-10-5-11-25-21/h3,5-7,10-11,14,18H,1-2,4,8,12-13,15H2. The molecule has 9 heteroatoms. The Balaban J connectivity index is 1.66. The zero-order valence-corrected chi connectivity index (χ0v) is 17.2. The van der Waals surface area contributed by atoms with E-state index in [4.69, 9.17) is 21.6 Å². The Hall–Kier alpha value is -3.18. The van der Waals surface area contributed by atoms with Gasteiger partial charge < -0.3 is 14.5 Å². The number of rotatable bonds is 7. The Morgan fingerprint density at radius 3 is 2.80 bits per heavy atom. The molecule has 1 aromatic carbocycles. The number of carbonyl (C=O) groups excluding carboxylic acids is 2. The van der Waals surface area contributed by atoms with Gasteiger partial charge in [-0.25, -0.2) is 14.8 Å². The van der Waals surface area contributed by atoms with Crippen LogP contribution in [0, 0.1) is 11.3 Å². The van der Waals surface area contributed by atoms with E-state index in [1.165, 1.54) is 4.90 Å². The van der Waals surface area contributed by atoms with Gasteiger partial charge >= 0.3 is 5.97 Å². The third-order valence-corrected chi connectivity index (χ3v) is 5.03. The average Bonchev–Trinajstić information content (AvgIpc) is 2.78. The number of anilines is 2. The molecule has 8 nitrogen and oxygen atoms in total. The van der Waals surface area contributed by atoms with Gasteiger partial charge in [-0.3, -0.25) is 4.79 Å². The third-order valence-electron chi connectivity index (χ3n) is 4.79. The fourth-order valence-electron chi connectivity index (χ4n) is 3.37. The Bertz CT molecular complexity index is 918. The lowest BCUT2D eigenvalue weighted by Gasteiger charge is -2.34. The molecule has 1 aliphatic heterocycles. The van der Waals surface area contributed by atoms with Crippen LogP contribution in [0.3, 0.4) is 0 Å². The van der Waals surface area contributed by atoms with E-state index < -0.39 is 24.5 Å². The number of ether oxygens (including phenoxy) is 1. The Labute approximate surface area is 180 Å². The first-order chi connectivity index (χ1) is 14.6. The zero-order chi connectivity index (χ0) is 21.3. The minimum atomic E-state index is -0.535. The van der Waals surface area contributed by atoms with Crippen LogP contribution < -0.4 is 9.80 Å². The molecule has 0 radical (unpaired) electrons. The first-order valence-corrected chi connectivity index (χ1v) is 10.1. The van der Waals surface area contributed by atoms with E-state index in [0.29, 0.717) is 29.6 Å². The fourth-order valence-corrected chi connectivity index (χ4v) is 3.55. The van der Waals surface area contributed by atoms with Gasteiger partial charge in [0, 0.05) is 36.2 Å². The molecule has 1 aliphatic rings. The second-order valence-corrected chi connectivity index (χ2v) is 7.23. The van der Waals surface area contributed by atoms with Crippen molar-refractivity contribution < 1.29 is 14.3 Å². The first-order valence-electron chi connectivity index (χ1n) is 9.73. The quantitative estimate of drug-likeness (QED) is 0.626. The van der Waals surface area contributed by atoms with E-state index in [2.05, 4.69) is 9.97 Å². The summed E-state index contributed by atoms with van der Waals surface area (Å²) >= 11 is 6.03. The van der Waals surface area contributed by atoms with Gasteiger partial charge in [0.05, 0.1) is 12.5 Å². The van der Waals surface area contributed by atoms with Gasteiger partial charge in [-0.05, 0) is 43.5 Å². The fraction of sp³-hybridized carbons (Fsp3) is 0.381. The highest BCUT2D eigenvalue weighted by Gasteiger charge is 2.32. The third kappa shape index (κ3) is 5.45. The van der Waals surface area contributed by atoms with Gasteiger partial charge in [-0.2, -0.15) is 5.26 Å². The Morgan fingerprint density at radius 2 is 2.07 bits per heavy atom. The van der Waals surface area contributed by atoms with Gasteiger partial charge in [-0.1, -0.05) is 17.7 Å². The Kier molecular flexibility index (Phi) is 7.57. The molecule has 0 aliphatic carbocycles. The van der Waals surface area contributed by atoms with Crippen molar-refractivity contribution in [1.29, 1.82) is 5.26 Å². The lowest BCUT2D eigenvalue weighted by atomic mass is 10.0. The van der Waals surface area contributed by atoms with Crippen molar-refractivity contribution in [2.45, 2.75) is 31.7 Å². The molecular weight excluding hydrogens is 406 g/mol. The van der Waals surface area contributed by atoms with E-state index >= 15 is 0 Å². The number of hydrogen-bond donors (Lipinski definition) is 0. The highest BCUT2D eigenvalue weighted by Crippen LogP contribution is 2.23. The van der Waals surface area contributed by atoms with Crippen LogP contribution in [0.4, 0.5) is 11.6 Å². The number of benzene rings is 1. The molecule has 1 fully saturated rings. The van der Waals surface area contributed by atoms with Crippen LogP contribution in [0.5, 0.6) is 0 Å². The van der Waals surface area contributed by atoms with Crippen LogP contribution in [0.15, 0.2) is 42.7 Å².